The fourth-order valence-corrected chi connectivity index (χ4v) is 10.3. The Bertz CT molecular complexity index is 1070. The highest BCUT2D eigenvalue weighted by Crippen LogP contribution is 2.10. The Morgan fingerprint density at radius 2 is 0.756 bits per heavy atom. The van der Waals surface area contributed by atoms with E-state index in [0.717, 1.165) is 0 Å². The van der Waals surface area contributed by atoms with Crippen LogP contribution in [0.1, 0.15) is 78.1 Å². The first-order valence-corrected chi connectivity index (χ1v) is 20.1. The van der Waals surface area contributed by atoms with Gasteiger partial charge in [0.15, 0.2) is 0 Å². The molecule has 3 heteroatoms. The zero-order chi connectivity index (χ0) is 29.4. The third-order valence-corrected chi connectivity index (χ3v) is 13.8. The topological polar surface area (TPSA) is 0 Å². The van der Waals surface area contributed by atoms with Crippen molar-refractivity contribution in [1.29, 1.82) is 0 Å². The third kappa shape index (κ3) is 14.1. The highest BCUT2D eigenvalue weighted by molar-refractivity contribution is 7.40. The molecule has 0 aliphatic carbocycles. The Morgan fingerprint density at radius 1 is 0.439 bits per heavy atom. The molecule has 220 valence electrons. The molecule has 4 aromatic rings. The second-order valence-corrected chi connectivity index (χ2v) is 17.1. The first-order valence-electron chi connectivity index (χ1n) is 17.1. The molecule has 4 aromatic carbocycles. The van der Waals surface area contributed by atoms with Crippen LogP contribution >= 0.6 is 0 Å². The molecule has 41 heavy (non-hydrogen) atoms. The van der Waals surface area contributed by atoms with E-state index < -0.39 is 7.94 Å². The van der Waals surface area contributed by atoms with Gasteiger partial charge in [-0.3, -0.25) is 0 Å². The lowest BCUT2D eigenvalue weighted by atomic mass is 9.74. The van der Waals surface area contributed by atoms with E-state index in [2.05, 4.69) is 149 Å². The summed E-state index contributed by atoms with van der Waals surface area (Å²) in [5.74, 6) is 0. The zero-order valence-corrected chi connectivity index (χ0v) is 28.1. The minimum Gasteiger partial charge on any atom is -0.218 e. The summed E-state index contributed by atoms with van der Waals surface area (Å²) < 4.78 is 0. The monoisotopic (exact) mass is 562 g/mol. The smallest absolute Gasteiger partial charge is 0.0109 e. The molecule has 0 heterocycles. The molecule has 0 N–H and O–H groups in total. The van der Waals surface area contributed by atoms with Crippen LogP contribution in [0.4, 0.5) is 0 Å². The molecule has 4 rings (SSSR count). The molecule has 0 atom stereocenters. The number of benzene rings is 4. The summed E-state index contributed by atoms with van der Waals surface area (Å²) in [5, 5.41) is 3.11. The fourth-order valence-electron chi connectivity index (χ4n) is 5.87. The van der Waals surface area contributed by atoms with Gasteiger partial charge in [-0.05, 0) is 15.2 Å². The van der Waals surface area contributed by atoms with Gasteiger partial charge in [-0.15, -0.1) is 0 Å². The average molecular weight is 563 g/mol. The molecule has 0 radical (unpaired) electrons. The Kier molecular flexibility index (Phi) is 18.4. The van der Waals surface area contributed by atoms with Gasteiger partial charge in [0, 0.05) is 6.87 Å². The molecule has 0 aromatic heterocycles. The van der Waals surface area contributed by atoms with Gasteiger partial charge in [0.2, 0.25) is 0 Å². The number of rotatable bonds is 14. The van der Waals surface area contributed by atoms with Gasteiger partial charge in [0.05, 0.1) is 0 Å². The van der Waals surface area contributed by atoms with Gasteiger partial charge in [0.25, 0.3) is 0 Å². The first kappa shape index (κ1) is 34.4. The van der Waals surface area contributed by atoms with Gasteiger partial charge in [-0.2, -0.15) is 6.82 Å². The molecule has 0 unspecified atom stereocenters. The maximum Gasteiger partial charge on any atom is 0.0109 e. The van der Waals surface area contributed by atoms with Crippen molar-refractivity contribution in [2.24, 2.45) is 0 Å². The maximum atomic E-state index is 2.53. The number of unbranched alkanes of at least 4 members (excludes halogenated alkanes) is 9. The fraction of sp³-hybridized carbons (Fsp3) is 0.368. The van der Waals surface area contributed by atoms with E-state index in [1.54, 1.807) is 15.8 Å². The van der Waals surface area contributed by atoms with Gasteiger partial charge in [-0.1, -0.05) is 216 Å². The Balaban J connectivity index is 0.000000248. The summed E-state index contributed by atoms with van der Waals surface area (Å²) in [7, 11) is -1.42. The minimum absolute atomic E-state index is 0.196. The van der Waals surface area contributed by atoms with Crippen molar-refractivity contribution < 1.29 is 0 Å². The van der Waals surface area contributed by atoms with Crippen LogP contribution in [0.25, 0.3) is 0 Å². The van der Waals surface area contributed by atoms with Crippen LogP contribution in [0.2, 0.25) is 13.4 Å². The van der Waals surface area contributed by atoms with Crippen molar-refractivity contribution in [1.82, 2.24) is 0 Å². The average Bonchev–Trinajstić information content (AvgIpc) is 3.04. The molecule has 0 saturated heterocycles. The minimum atomic E-state index is -1.62. The second kappa shape index (κ2) is 21.9. The number of hydrogen-bond donors (Lipinski definition) is 0. The molecule has 0 saturated carbocycles. The van der Waals surface area contributed by atoms with Gasteiger partial charge in [-0.25, -0.2) is 10.9 Å². The summed E-state index contributed by atoms with van der Waals surface area (Å²) in [6, 6.07) is 44.0. The Morgan fingerprint density at radius 3 is 1.07 bits per heavy atom. The highest BCUT2D eigenvalue weighted by Gasteiger charge is 2.24. The second-order valence-electron chi connectivity index (χ2n) is 12.2. The molecule has 0 bridgehead atoms. The predicted molar refractivity (Wildman–Crippen MR) is 196 cm³/mol. The molecule has 0 aliphatic rings. The van der Waals surface area contributed by atoms with Crippen LogP contribution in [-0.2, 0) is 0 Å². The van der Waals surface area contributed by atoms with Crippen molar-refractivity contribution in [3.8, 4) is 0 Å². The van der Waals surface area contributed by atoms with E-state index in [-0.39, 0.29) is 14.2 Å². The van der Waals surface area contributed by atoms with E-state index in [9.17, 15) is 0 Å². The van der Waals surface area contributed by atoms with Crippen LogP contribution < -0.4 is 21.3 Å². The van der Waals surface area contributed by atoms with Crippen LogP contribution in [0, 0.1) is 0 Å². The quantitative estimate of drug-likeness (QED) is 0.112. The summed E-state index contributed by atoms with van der Waals surface area (Å²) in [6.45, 7) is 9.18. The predicted octanol–water partition coefficient (Wildman–Crippen LogP) is 7.33. The summed E-state index contributed by atoms with van der Waals surface area (Å²) in [5.41, 5.74) is 3.09. The van der Waals surface area contributed by atoms with E-state index in [1.165, 1.54) is 69.7 Å². The van der Waals surface area contributed by atoms with Gasteiger partial charge in [0.1, 0.15) is 0 Å². The van der Waals surface area contributed by atoms with Crippen molar-refractivity contribution in [2.75, 3.05) is 0 Å². The lowest BCUT2D eigenvalue weighted by molar-refractivity contribution is 0.562. The Labute approximate surface area is 255 Å². The van der Waals surface area contributed by atoms with Gasteiger partial charge < -0.3 is 0 Å². The van der Waals surface area contributed by atoms with Crippen LogP contribution in [-0.4, -0.2) is 22.1 Å². The zero-order valence-electron chi connectivity index (χ0n) is 27.1. The van der Waals surface area contributed by atoms with Crippen LogP contribution in [0.15, 0.2) is 121 Å². The summed E-state index contributed by atoms with van der Waals surface area (Å²) in [6.07, 6.45) is 14.4. The molecule has 0 amide bonds. The first-order chi connectivity index (χ1) is 20.1. The number of hydrogen-bond acceptors (Lipinski definition) is 0. The maximum absolute atomic E-state index is 2.53. The molecular weight excluding hydrogens is 506 g/mol. The highest BCUT2D eigenvalue weighted by atomic mass is 28.3. The molecule has 0 nitrogen and oxygen atoms in total. The molecular formula is C38H56B2Si-2. The van der Waals surface area contributed by atoms with Crippen molar-refractivity contribution in [3.05, 3.63) is 121 Å². The third-order valence-electron chi connectivity index (χ3n) is 8.69. The van der Waals surface area contributed by atoms with Crippen molar-refractivity contribution in [3.63, 3.8) is 0 Å². The summed E-state index contributed by atoms with van der Waals surface area (Å²) >= 11 is 0. The van der Waals surface area contributed by atoms with E-state index >= 15 is 0 Å². The van der Waals surface area contributed by atoms with Gasteiger partial charge >= 0.3 is 0 Å². The van der Waals surface area contributed by atoms with Crippen LogP contribution in [0.3, 0.4) is 0 Å². The SMILES string of the molecule is CCCCCCCCCCCC.C[BH2-]c1ccccc1.C[Si]([BH2-]c1ccccc1)(c1ccccc1)c1ccccc1. The van der Waals surface area contributed by atoms with E-state index in [4.69, 9.17) is 0 Å². The Hall–Kier alpha value is -2.77. The standard InChI is InChI=1S/C19H20BSi.C12H26.C7H10B/c1-21(18-13-7-3-8-14-18,19-15-9-4-10-16-19)20-17-11-5-2-6-12-17;1-3-5-7-9-11-12-10-8-6-4-2;1-8-7-5-3-2-4-6-7/h2-16H,20H2,1H3;3-12H2,1-2H3;2-6H,8H2,1H3/q-1;;-1. The normalized spacial score (nSPS) is 10.6. The molecule has 0 spiro atoms. The largest absolute Gasteiger partial charge is 0.218 e. The van der Waals surface area contributed by atoms with Crippen LogP contribution in [0.5, 0.6) is 0 Å². The van der Waals surface area contributed by atoms with Crippen molar-refractivity contribution >= 4 is 43.4 Å². The summed E-state index contributed by atoms with van der Waals surface area (Å²) in [4.78, 5) is 0. The lowest BCUT2D eigenvalue weighted by Gasteiger charge is -2.35. The molecule has 0 fully saturated rings. The van der Waals surface area contributed by atoms with Crippen molar-refractivity contribution in [2.45, 2.75) is 91.4 Å². The van der Waals surface area contributed by atoms with E-state index in [1.807, 2.05) is 0 Å². The lowest BCUT2D eigenvalue weighted by Crippen LogP contribution is -2.63. The van der Waals surface area contributed by atoms with E-state index in [0.29, 0.717) is 0 Å². The molecule has 0 aliphatic heterocycles.